The van der Waals surface area contributed by atoms with Gasteiger partial charge in [0.05, 0.1) is 0 Å². The molecule has 2 fully saturated rings. The SMILES string of the molecule is CC(CNC(=O)CCC1CCNC1)N1CCCCC1. The van der Waals surface area contributed by atoms with Crippen molar-refractivity contribution in [1.82, 2.24) is 15.5 Å². The van der Waals surface area contributed by atoms with Crippen LogP contribution in [0.15, 0.2) is 0 Å². The molecular weight excluding hydrogens is 238 g/mol. The highest BCUT2D eigenvalue weighted by molar-refractivity contribution is 5.75. The largest absolute Gasteiger partial charge is 0.355 e. The third kappa shape index (κ3) is 5.11. The van der Waals surface area contributed by atoms with E-state index in [1.165, 1.54) is 38.8 Å². The molecule has 0 aliphatic carbocycles. The number of nitrogens with one attached hydrogen (secondary N) is 2. The molecule has 2 atom stereocenters. The Kier molecular flexibility index (Phi) is 6.11. The summed E-state index contributed by atoms with van der Waals surface area (Å²) in [6.45, 7) is 7.65. The lowest BCUT2D eigenvalue weighted by Crippen LogP contribution is -2.44. The summed E-state index contributed by atoms with van der Waals surface area (Å²) >= 11 is 0. The van der Waals surface area contributed by atoms with Gasteiger partial charge in [0.2, 0.25) is 5.91 Å². The smallest absolute Gasteiger partial charge is 0.220 e. The Morgan fingerprint density at radius 3 is 2.84 bits per heavy atom. The second-order valence-electron chi connectivity index (χ2n) is 6.15. The first kappa shape index (κ1) is 14.8. The Morgan fingerprint density at radius 1 is 1.37 bits per heavy atom. The zero-order valence-corrected chi connectivity index (χ0v) is 12.3. The van der Waals surface area contributed by atoms with Gasteiger partial charge in [-0.1, -0.05) is 6.42 Å². The molecule has 0 aromatic rings. The van der Waals surface area contributed by atoms with Crippen molar-refractivity contribution in [3.8, 4) is 0 Å². The first-order valence-corrected chi connectivity index (χ1v) is 7.97. The summed E-state index contributed by atoms with van der Waals surface area (Å²) in [6.07, 6.45) is 6.96. The molecule has 2 saturated heterocycles. The van der Waals surface area contributed by atoms with E-state index in [0.717, 1.165) is 26.1 Å². The van der Waals surface area contributed by atoms with Crippen LogP contribution in [0.25, 0.3) is 0 Å². The second-order valence-corrected chi connectivity index (χ2v) is 6.15. The lowest BCUT2D eigenvalue weighted by atomic mass is 10.0. The Hall–Kier alpha value is -0.610. The third-order valence-corrected chi connectivity index (χ3v) is 4.55. The van der Waals surface area contributed by atoms with Crippen LogP contribution in [0.2, 0.25) is 0 Å². The number of carbonyl (C=O) groups is 1. The number of rotatable bonds is 6. The van der Waals surface area contributed by atoms with Crippen LogP contribution < -0.4 is 10.6 Å². The van der Waals surface area contributed by atoms with Gasteiger partial charge >= 0.3 is 0 Å². The average molecular weight is 267 g/mol. The van der Waals surface area contributed by atoms with Crippen LogP contribution in [0.4, 0.5) is 0 Å². The van der Waals surface area contributed by atoms with Gasteiger partial charge in [-0.3, -0.25) is 9.69 Å². The molecule has 2 rings (SSSR count). The monoisotopic (exact) mass is 267 g/mol. The zero-order chi connectivity index (χ0) is 13.5. The number of amides is 1. The maximum Gasteiger partial charge on any atom is 0.220 e. The predicted octanol–water partition coefficient (Wildman–Crippen LogP) is 1.37. The van der Waals surface area contributed by atoms with Crippen molar-refractivity contribution in [2.24, 2.45) is 5.92 Å². The summed E-state index contributed by atoms with van der Waals surface area (Å²) in [5.74, 6) is 0.945. The van der Waals surface area contributed by atoms with Crippen molar-refractivity contribution in [3.05, 3.63) is 0 Å². The van der Waals surface area contributed by atoms with Gasteiger partial charge < -0.3 is 10.6 Å². The van der Waals surface area contributed by atoms with E-state index in [1.54, 1.807) is 0 Å². The van der Waals surface area contributed by atoms with Gasteiger partial charge in [0.15, 0.2) is 0 Å². The highest BCUT2D eigenvalue weighted by Gasteiger charge is 2.18. The molecule has 2 aliphatic heterocycles. The van der Waals surface area contributed by atoms with Crippen LogP contribution >= 0.6 is 0 Å². The number of hydrogen-bond donors (Lipinski definition) is 2. The molecule has 110 valence electrons. The van der Waals surface area contributed by atoms with E-state index in [1.807, 2.05) is 0 Å². The van der Waals surface area contributed by atoms with Crippen molar-refractivity contribution < 1.29 is 4.79 Å². The summed E-state index contributed by atoms with van der Waals surface area (Å²) in [4.78, 5) is 14.3. The minimum atomic E-state index is 0.232. The molecule has 2 aliphatic rings. The maximum absolute atomic E-state index is 11.8. The Labute approximate surface area is 117 Å². The fraction of sp³-hybridized carbons (Fsp3) is 0.933. The van der Waals surface area contributed by atoms with Crippen LogP contribution in [0, 0.1) is 5.92 Å². The van der Waals surface area contributed by atoms with Crippen LogP contribution in [-0.2, 0) is 4.79 Å². The number of carbonyl (C=O) groups excluding carboxylic acids is 1. The fourth-order valence-electron chi connectivity index (χ4n) is 3.13. The molecular formula is C15H29N3O. The summed E-state index contributed by atoms with van der Waals surface area (Å²) < 4.78 is 0. The van der Waals surface area contributed by atoms with E-state index in [0.29, 0.717) is 18.4 Å². The van der Waals surface area contributed by atoms with Crippen LogP contribution in [0.1, 0.15) is 45.4 Å². The van der Waals surface area contributed by atoms with Crippen molar-refractivity contribution in [2.45, 2.75) is 51.5 Å². The molecule has 2 N–H and O–H groups in total. The molecule has 1 amide bonds. The number of piperidine rings is 1. The molecule has 4 heteroatoms. The summed E-state index contributed by atoms with van der Waals surface area (Å²) in [6, 6.07) is 0.484. The molecule has 2 heterocycles. The van der Waals surface area contributed by atoms with Gasteiger partial charge in [0.1, 0.15) is 0 Å². The Balaban J connectivity index is 1.56. The van der Waals surface area contributed by atoms with E-state index >= 15 is 0 Å². The van der Waals surface area contributed by atoms with E-state index in [2.05, 4.69) is 22.5 Å². The van der Waals surface area contributed by atoms with Crippen LogP contribution in [0.3, 0.4) is 0 Å². The Bertz CT molecular complexity index is 271. The molecule has 0 spiro atoms. The minimum absolute atomic E-state index is 0.232. The lowest BCUT2D eigenvalue weighted by Gasteiger charge is -2.32. The van der Waals surface area contributed by atoms with E-state index < -0.39 is 0 Å². The van der Waals surface area contributed by atoms with Crippen LogP contribution in [-0.4, -0.2) is 49.6 Å². The van der Waals surface area contributed by atoms with E-state index in [9.17, 15) is 4.79 Å². The standard InChI is InChI=1S/C15H29N3O/c1-13(18-9-3-2-4-10-18)11-17-15(19)6-5-14-7-8-16-12-14/h13-14,16H,2-12H2,1H3,(H,17,19). The maximum atomic E-state index is 11.8. The van der Waals surface area contributed by atoms with E-state index in [4.69, 9.17) is 0 Å². The highest BCUT2D eigenvalue weighted by Crippen LogP contribution is 2.14. The minimum Gasteiger partial charge on any atom is -0.355 e. The molecule has 0 saturated carbocycles. The molecule has 0 bridgehead atoms. The number of likely N-dealkylation sites (tertiary alicyclic amines) is 1. The molecule has 0 aromatic heterocycles. The van der Waals surface area contributed by atoms with Gasteiger partial charge in [-0.15, -0.1) is 0 Å². The topological polar surface area (TPSA) is 44.4 Å². The Morgan fingerprint density at radius 2 is 2.16 bits per heavy atom. The predicted molar refractivity (Wildman–Crippen MR) is 78.1 cm³/mol. The van der Waals surface area contributed by atoms with Gasteiger partial charge in [0.25, 0.3) is 0 Å². The van der Waals surface area contributed by atoms with E-state index in [-0.39, 0.29) is 5.91 Å². The second kappa shape index (κ2) is 7.85. The first-order chi connectivity index (χ1) is 9.25. The van der Waals surface area contributed by atoms with Crippen molar-refractivity contribution in [2.75, 3.05) is 32.7 Å². The summed E-state index contributed by atoms with van der Waals surface area (Å²) in [5.41, 5.74) is 0. The third-order valence-electron chi connectivity index (χ3n) is 4.55. The van der Waals surface area contributed by atoms with Gasteiger partial charge in [0, 0.05) is 19.0 Å². The first-order valence-electron chi connectivity index (χ1n) is 7.97. The zero-order valence-electron chi connectivity index (χ0n) is 12.3. The quantitative estimate of drug-likeness (QED) is 0.764. The normalized spacial score (nSPS) is 26.3. The summed E-state index contributed by atoms with van der Waals surface area (Å²) in [5, 5.41) is 6.45. The van der Waals surface area contributed by atoms with Crippen LogP contribution in [0.5, 0.6) is 0 Å². The van der Waals surface area contributed by atoms with Gasteiger partial charge in [-0.25, -0.2) is 0 Å². The number of nitrogens with zero attached hydrogens (tertiary/aromatic N) is 1. The molecule has 2 unspecified atom stereocenters. The van der Waals surface area contributed by atoms with Crippen molar-refractivity contribution in [3.63, 3.8) is 0 Å². The van der Waals surface area contributed by atoms with Gasteiger partial charge in [-0.05, 0) is 64.7 Å². The lowest BCUT2D eigenvalue weighted by molar-refractivity contribution is -0.121. The molecule has 0 aromatic carbocycles. The molecule has 4 nitrogen and oxygen atoms in total. The van der Waals surface area contributed by atoms with Crippen molar-refractivity contribution in [1.29, 1.82) is 0 Å². The average Bonchev–Trinajstić information content (AvgIpc) is 2.96. The van der Waals surface area contributed by atoms with Gasteiger partial charge in [-0.2, -0.15) is 0 Å². The molecule has 19 heavy (non-hydrogen) atoms. The van der Waals surface area contributed by atoms with Crippen molar-refractivity contribution >= 4 is 5.91 Å². The highest BCUT2D eigenvalue weighted by atomic mass is 16.1. The number of hydrogen-bond acceptors (Lipinski definition) is 3. The summed E-state index contributed by atoms with van der Waals surface area (Å²) in [7, 11) is 0. The fourth-order valence-corrected chi connectivity index (χ4v) is 3.13. The molecule has 0 radical (unpaired) electrons.